The van der Waals surface area contributed by atoms with E-state index in [0.29, 0.717) is 0 Å². The number of nitrogens with zero attached hydrogens (tertiary/aromatic N) is 1. The number of amides is 1. The zero-order valence-electron chi connectivity index (χ0n) is 14.5. The molecule has 130 valence electrons. The molecule has 3 aromatic carbocycles. The van der Waals surface area contributed by atoms with Gasteiger partial charge in [-0.3, -0.25) is 4.79 Å². The van der Waals surface area contributed by atoms with E-state index in [1.165, 1.54) is 5.56 Å². The van der Waals surface area contributed by atoms with Crippen molar-refractivity contribution in [3.63, 3.8) is 0 Å². The number of aliphatic hydroxyl groups is 1. The number of benzene rings is 3. The molecule has 0 radical (unpaired) electrons. The highest BCUT2D eigenvalue weighted by Crippen LogP contribution is 2.41. The van der Waals surface area contributed by atoms with Crippen molar-refractivity contribution in [3.8, 4) is 0 Å². The molecule has 0 aromatic heterocycles. The second-order valence-electron chi connectivity index (χ2n) is 6.61. The van der Waals surface area contributed by atoms with Crippen LogP contribution in [0, 0.1) is 0 Å². The Bertz CT molecular complexity index is 892. The number of hydrogen-bond acceptors (Lipinski definition) is 2. The van der Waals surface area contributed by atoms with Crippen LogP contribution in [0.4, 0.5) is 0 Å². The van der Waals surface area contributed by atoms with Gasteiger partial charge in [-0.2, -0.15) is 0 Å². The molecule has 0 spiro atoms. The van der Waals surface area contributed by atoms with Gasteiger partial charge < -0.3 is 10.0 Å². The molecule has 0 fully saturated rings. The van der Waals surface area contributed by atoms with Gasteiger partial charge in [0.1, 0.15) is 0 Å². The van der Waals surface area contributed by atoms with Crippen LogP contribution in [-0.4, -0.2) is 22.5 Å². The van der Waals surface area contributed by atoms with Crippen LogP contribution in [0.15, 0.2) is 84.9 Å². The number of hydrogen-bond donors (Lipinski definition) is 1. The van der Waals surface area contributed by atoms with Gasteiger partial charge in [-0.25, -0.2) is 0 Å². The van der Waals surface area contributed by atoms with Crippen LogP contribution < -0.4 is 0 Å². The molecule has 4 rings (SSSR count). The highest BCUT2D eigenvalue weighted by atomic mass is 16.3. The lowest BCUT2D eigenvalue weighted by Crippen LogP contribution is -2.35. The maximum atomic E-state index is 13.2. The molecular formula is C23H21NO2. The van der Waals surface area contributed by atoms with E-state index in [0.717, 1.165) is 23.1 Å². The van der Waals surface area contributed by atoms with Gasteiger partial charge in [0.25, 0.3) is 5.91 Å². The molecule has 0 aliphatic carbocycles. The standard InChI is InChI=1S/C23H21NO2/c25-16-22(18-11-5-2-6-12-18)24-21(15-17-9-3-1-4-10-17)19-13-7-8-14-20(19)23(24)26/h1-14,21-22,25H,15-16H2/t21-,22+/m1/s1. The van der Waals surface area contributed by atoms with E-state index in [1.54, 1.807) is 0 Å². The maximum absolute atomic E-state index is 13.2. The third kappa shape index (κ3) is 2.91. The van der Waals surface area contributed by atoms with Gasteiger partial charge in [-0.1, -0.05) is 78.9 Å². The van der Waals surface area contributed by atoms with E-state index in [2.05, 4.69) is 12.1 Å². The van der Waals surface area contributed by atoms with Gasteiger partial charge in [-0.15, -0.1) is 0 Å². The Hall–Kier alpha value is -2.91. The van der Waals surface area contributed by atoms with Crippen LogP contribution in [0.2, 0.25) is 0 Å². The van der Waals surface area contributed by atoms with Gasteiger partial charge in [0.2, 0.25) is 0 Å². The fraction of sp³-hybridized carbons (Fsp3) is 0.174. The van der Waals surface area contributed by atoms with Crippen LogP contribution >= 0.6 is 0 Å². The van der Waals surface area contributed by atoms with Gasteiger partial charge in [0.15, 0.2) is 0 Å². The monoisotopic (exact) mass is 343 g/mol. The van der Waals surface area contributed by atoms with E-state index in [-0.39, 0.29) is 24.6 Å². The van der Waals surface area contributed by atoms with E-state index in [1.807, 2.05) is 77.7 Å². The summed E-state index contributed by atoms with van der Waals surface area (Å²) in [4.78, 5) is 15.0. The maximum Gasteiger partial charge on any atom is 0.255 e. The molecule has 0 unspecified atom stereocenters. The molecule has 1 N–H and O–H groups in total. The first-order valence-corrected chi connectivity index (χ1v) is 8.91. The lowest BCUT2D eigenvalue weighted by Gasteiger charge is -2.33. The Morgan fingerprint density at radius 3 is 2.15 bits per heavy atom. The van der Waals surface area contributed by atoms with Crippen LogP contribution in [-0.2, 0) is 6.42 Å². The highest BCUT2D eigenvalue weighted by molar-refractivity contribution is 5.99. The molecule has 26 heavy (non-hydrogen) atoms. The highest BCUT2D eigenvalue weighted by Gasteiger charge is 2.40. The zero-order chi connectivity index (χ0) is 17.9. The van der Waals surface area contributed by atoms with Gasteiger partial charge in [0.05, 0.1) is 18.7 Å². The summed E-state index contributed by atoms with van der Waals surface area (Å²) in [6.45, 7) is -0.102. The van der Waals surface area contributed by atoms with E-state index < -0.39 is 0 Å². The summed E-state index contributed by atoms with van der Waals surface area (Å²) in [7, 11) is 0. The lowest BCUT2D eigenvalue weighted by atomic mass is 9.96. The molecule has 1 aliphatic rings. The van der Waals surface area contributed by atoms with Crippen molar-refractivity contribution in [1.29, 1.82) is 0 Å². The third-order valence-corrected chi connectivity index (χ3v) is 5.09. The molecule has 0 saturated carbocycles. The van der Waals surface area contributed by atoms with E-state index >= 15 is 0 Å². The summed E-state index contributed by atoms with van der Waals surface area (Å²) in [5.41, 5.74) is 3.91. The number of rotatable bonds is 5. The molecule has 3 aromatic rings. The molecule has 0 bridgehead atoms. The molecular weight excluding hydrogens is 322 g/mol. The number of carbonyl (C=O) groups is 1. The van der Waals surface area contributed by atoms with Crippen molar-refractivity contribution < 1.29 is 9.90 Å². The first kappa shape index (κ1) is 16.6. The van der Waals surface area contributed by atoms with Crippen LogP contribution in [0.5, 0.6) is 0 Å². The summed E-state index contributed by atoms with van der Waals surface area (Å²) in [5, 5.41) is 10.1. The van der Waals surface area contributed by atoms with Crippen molar-refractivity contribution >= 4 is 5.91 Å². The Morgan fingerprint density at radius 2 is 1.46 bits per heavy atom. The predicted molar refractivity (Wildman–Crippen MR) is 102 cm³/mol. The summed E-state index contributed by atoms with van der Waals surface area (Å²) >= 11 is 0. The average Bonchev–Trinajstić information content (AvgIpc) is 2.97. The Balaban J connectivity index is 1.77. The van der Waals surface area contributed by atoms with Crippen molar-refractivity contribution in [1.82, 2.24) is 4.90 Å². The topological polar surface area (TPSA) is 40.5 Å². The van der Waals surface area contributed by atoms with E-state index in [4.69, 9.17) is 0 Å². The minimum Gasteiger partial charge on any atom is -0.394 e. The molecule has 1 amide bonds. The molecule has 1 heterocycles. The van der Waals surface area contributed by atoms with Crippen LogP contribution in [0.3, 0.4) is 0 Å². The summed E-state index contributed by atoms with van der Waals surface area (Å²) in [5.74, 6) is -0.00978. The Morgan fingerprint density at radius 1 is 0.846 bits per heavy atom. The Kier molecular flexibility index (Phi) is 4.55. The first-order valence-electron chi connectivity index (χ1n) is 8.91. The fourth-order valence-electron chi connectivity index (χ4n) is 3.85. The summed E-state index contributed by atoms with van der Waals surface area (Å²) in [6, 6.07) is 27.3. The minimum atomic E-state index is -0.357. The minimum absolute atomic E-state index is 0.00978. The van der Waals surface area contributed by atoms with Crippen molar-refractivity contribution in [2.45, 2.75) is 18.5 Å². The quantitative estimate of drug-likeness (QED) is 0.756. The van der Waals surface area contributed by atoms with Gasteiger partial charge >= 0.3 is 0 Å². The SMILES string of the molecule is O=C1c2ccccc2[C@@H](Cc2ccccc2)N1[C@@H](CO)c1ccccc1. The third-order valence-electron chi connectivity index (χ3n) is 5.09. The van der Waals surface area contributed by atoms with Crippen molar-refractivity contribution in [3.05, 3.63) is 107 Å². The van der Waals surface area contributed by atoms with Crippen LogP contribution in [0.25, 0.3) is 0 Å². The van der Waals surface area contributed by atoms with Gasteiger partial charge in [-0.05, 0) is 29.2 Å². The number of carbonyl (C=O) groups excluding carboxylic acids is 1. The predicted octanol–water partition coefficient (Wildman–Crippen LogP) is 4.16. The van der Waals surface area contributed by atoms with Crippen LogP contribution in [0.1, 0.15) is 39.1 Å². The first-order chi connectivity index (χ1) is 12.8. The second kappa shape index (κ2) is 7.14. The fourth-order valence-corrected chi connectivity index (χ4v) is 3.85. The van der Waals surface area contributed by atoms with Crippen molar-refractivity contribution in [2.75, 3.05) is 6.61 Å². The van der Waals surface area contributed by atoms with Crippen molar-refractivity contribution in [2.24, 2.45) is 0 Å². The summed E-state index contributed by atoms with van der Waals surface area (Å²) < 4.78 is 0. The largest absolute Gasteiger partial charge is 0.394 e. The molecule has 1 aliphatic heterocycles. The zero-order valence-corrected chi connectivity index (χ0v) is 14.5. The molecule has 3 nitrogen and oxygen atoms in total. The average molecular weight is 343 g/mol. The van der Waals surface area contributed by atoms with Gasteiger partial charge in [0, 0.05) is 5.56 Å². The smallest absolute Gasteiger partial charge is 0.255 e. The molecule has 2 atom stereocenters. The van der Waals surface area contributed by atoms with E-state index in [9.17, 15) is 9.90 Å². The normalized spacial score (nSPS) is 17.2. The second-order valence-corrected chi connectivity index (χ2v) is 6.61. The lowest BCUT2D eigenvalue weighted by molar-refractivity contribution is 0.0517. The Labute approximate surface area is 153 Å². The number of aliphatic hydroxyl groups excluding tert-OH is 1. The number of fused-ring (bicyclic) bond motifs is 1. The molecule has 0 saturated heterocycles. The summed E-state index contributed by atoms with van der Waals surface area (Å²) in [6.07, 6.45) is 0.729. The molecule has 3 heteroatoms.